The van der Waals surface area contributed by atoms with Crippen molar-refractivity contribution in [2.75, 3.05) is 13.1 Å². The molecule has 1 aromatic rings. The van der Waals surface area contributed by atoms with Crippen LogP contribution in [0.25, 0.3) is 0 Å². The number of hydrogen-bond acceptors (Lipinski definition) is 3. The van der Waals surface area contributed by atoms with E-state index in [-0.39, 0.29) is 12.5 Å². The summed E-state index contributed by atoms with van der Waals surface area (Å²) in [4.78, 5) is 13.6. The van der Waals surface area contributed by atoms with Crippen molar-refractivity contribution >= 4 is 6.09 Å². The van der Waals surface area contributed by atoms with E-state index in [2.05, 4.69) is 0 Å². The molecule has 134 valence electrons. The molecule has 1 fully saturated rings. The van der Waals surface area contributed by atoms with Crippen LogP contribution in [0.4, 0.5) is 18.0 Å². The molecule has 0 aliphatic carbocycles. The Morgan fingerprint density at radius 3 is 2.50 bits per heavy atom. The number of hydrogen-bond donors (Lipinski definition) is 1. The van der Waals surface area contributed by atoms with Gasteiger partial charge >= 0.3 is 12.3 Å². The fourth-order valence-corrected chi connectivity index (χ4v) is 2.83. The Morgan fingerprint density at radius 1 is 1.29 bits per heavy atom. The number of likely N-dealkylation sites (tertiary alicyclic amines) is 1. The van der Waals surface area contributed by atoms with Gasteiger partial charge in [0.2, 0.25) is 0 Å². The van der Waals surface area contributed by atoms with E-state index in [1.165, 1.54) is 11.0 Å². The van der Waals surface area contributed by atoms with Crippen LogP contribution in [0.2, 0.25) is 0 Å². The van der Waals surface area contributed by atoms with E-state index in [1.807, 2.05) is 0 Å². The van der Waals surface area contributed by atoms with Gasteiger partial charge in [0.1, 0.15) is 5.60 Å². The smallest absolute Gasteiger partial charge is 0.416 e. The zero-order valence-corrected chi connectivity index (χ0v) is 14.1. The lowest BCUT2D eigenvalue weighted by Gasteiger charge is -2.37. The quantitative estimate of drug-likeness (QED) is 0.844. The van der Waals surface area contributed by atoms with Crippen molar-refractivity contribution in [2.45, 2.75) is 50.9 Å². The van der Waals surface area contributed by atoms with Crippen molar-refractivity contribution in [3.63, 3.8) is 0 Å². The van der Waals surface area contributed by atoms with E-state index in [9.17, 15) is 18.0 Å². The Balaban J connectivity index is 2.08. The van der Waals surface area contributed by atoms with Gasteiger partial charge in [-0.05, 0) is 38.8 Å². The van der Waals surface area contributed by atoms with E-state index in [0.29, 0.717) is 18.5 Å². The molecule has 0 aromatic heterocycles. The zero-order valence-electron chi connectivity index (χ0n) is 14.1. The molecule has 0 saturated carbocycles. The predicted octanol–water partition coefficient (Wildman–Crippen LogP) is 3.76. The first-order chi connectivity index (χ1) is 11.0. The molecule has 24 heavy (non-hydrogen) atoms. The highest BCUT2D eigenvalue weighted by atomic mass is 19.4. The van der Waals surface area contributed by atoms with Gasteiger partial charge in [-0.15, -0.1) is 0 Å². The summed E-state index contributed by atoms with van der Waals surface area (Å²) in [6.07, 6.45) is -4.32. The van der Waals surface area contributed by atoms with Crippen molar-refractivity contribution in [2.24, 2.45) is 5.73 Å². The van der Waals surface area contributed by atoms with E-state index >= 15 is 0 Å². The number of halogens is 3. The van der Waals surface area contributed by atoms with Crippen LogP contribution in [-0.4, -0.2) is 35.7 Å². The van der Waals surface area contributed by atoms with Crippen molar-refractivity contribution < 1.29 is 22.7 Å². The number of carbonyl (C=O) groups excluding carboxylic acids is 1. The minimum absolute atomic E-state index is 0.217. The van der Waals surface area contributed by atoms with Crippen molar-refractivity contribution in [3.8, 4) is 0 Å². The summed E-state index contributed by atoms with van der Waals surface area (Å²) in [5.74, 6) is -0.217. The minimum atomic E-state index is -4.38. The van der Waals surface area contributed by atoms with Gasteiger partial charge in [-0.3, -0.25) is 0 Å². The molecule has 0 radical (unpaired) electrons. The maximum Gasteiger partial charge on any atom is 0.416 e. The van der Waals surface area contributed by atoms with Crippen molar-refractivity contribution in [1.82, 2.24) is 4.90 Å². The van der Waals surface area contributed by atoms with Crippen LogP contribution in [-0.2, 0) is 10.9 Å². The second kappa shape index (κ2) is 6.63. The summed E-state index contributed by atoms with van der Waals surface area (Å²) in [7, 11) is 0. The molecule has 0 spiro atoms. The molecule has 1 saturated heterocycles. The zero-order chi connectivity index (χ0) is 18.1. The van der Waals surface area contributed by atoms with Gasteiger partial charge in [-0.1, -0.05) is 18.2 Å². The number of piperidine rings is 1. The first-order valence-electron chi connectivity index (χ1n) is 7.88. The summed E-state index contributed by atoms with van der Waals surface area (Å²) in [6, 6.07) is 4.81. The van der Waals surface area contributed by atoms with Gasteiger partial charge in [0.05, 0.1) is 5.56 Å². The highest BCUT2D eigenvalue weighted by Gasteiger charge is 2.35. The van der Waals surface area contributed by atoms with Crippen LogP contribution in [0.1, 0.15) is 44.2 Å². The lowest BCUT2D eigenvalue weighted by atomic mass is 9.85. The van der Waals surface area contributed by atoms with Crippen LogP contribution >= 0.6 is 0 Å². The monoisotopic (exact) mass is 344 g/mol. The summed E-state index contributed by atoms with van der Waals surface area (Å²) >= 11 is 0. The number of nitrogens with two attached hydrogens (primary N) is 1. The minimum Gasteiger partial charge on any atom is -0.444 e. The normalized spacial score (nSPS) is 22.4. The molecule has 2 atom stereocenters. The van der Waals surface area contributed by atoms with Gasteiger partial charge in [0.25, 0.3) is 0 Å². The second-order valence-corrected chi connectivity index (χ2v) is 7.11. The SMILES string of the molecule is CC(C)(C)OC(=O)N1CC[C@@H](c2cccc(C(F)(F)F)c2)[C@H](N)C1. The van der Waals surface area contributed by atoms with E-state index in [0.717, 1.165) is 12.1 Å². The maximum absolute atomic E-state index is 12.9. The molecule has 1 heterocycles. The van der Waals surface area contributed by atoms with Crippen LogP contribution in [0.5, 0.6) is 0 Å². The highest BCUT2D eigenvalue weighted by molar-refractivity contribution is 5.68. The summed E-state index contributed by atoms with van der Waals surface area (Å²) < 4.78 is 43.9. The maximum atomic E-state index is 12.9. The lowest BCUT2D eigenvalue weighted by molar-refractivity contribution is -0.137. The average Bonchev–Trinajstić information content (AvgIpc) is 2.44. The third kappa shape index (κ3) is 4.63. The lowest BCUT2D eigenvalue weighted by Crippen LogP contribution is -2.50. The molecule has 1 aliphatic rings. The molecule has 1 aliphatic heterocycles. The molecule has 2 N–H and O–H groups in total. The molecule has 1 amide bonds. The fourth-order valence-electron chi connectivity index (χ4n) is 2.83. The Labute approximate surface area is 139 Å². The van der Waals surface area contributed by atoms with Crippen LogP contribution in [0.15, 0.2) is 24.3 Å². The summed E-state index contributed by atoms with van der Waals surface area (Å²) in [5.41, 5.74) is 5.41. The number of nitrogens with zero attached hydrogens (tertiary/aromatic N) is 1. The molecule has 2 rings (SSSR count). The van der Waals surface area contributed by atoms with Gasteiger partial charge in [-0.25, -0.2) is 4.79 Å². The van der Waals surface area contributed by atoms with E-state index < -0.39 is 29.5 Å². The Bertz CT molecular complexity index is 596. The number of benzene rings is 1. The van der Waals surface area contributed by atoms with Crippen molar-refractivity contribution in [1.29, 1.82) is 0 Å². The molecule has 7 heteroatoms. The predicted molar refractivity (Wildman–Crippen MR) is 84.6 cm³/mol. The van der Waals surface area contributed by atoms with Gasteiger partial charge in [-0.2, -0.15) is 13.2 Å². The fraction of sp³-hybridized carbons (Fsp3) is 0.588. The Hall–Kier alpha value is -1.76. The molecule has 0 unspecified atom stereocenters. The summed E-state index contributed by atoms with van der Waals surface area (Å²) in [6.45, 7) is 6.00. The van der Waals surface area contributed by atoms with Gasteiger partial charge < -0.3 is 15.4 Å². The number of ether oxygens (including phenoxy) is 1. The standard InChI is InChI=1S/C17H23F3N2O2/c1-16(2,3)24-15(23)22-8-7-13(14(21)10-22)11-5-4-6-12(9-11)17(18,19)20/h4-6,9,13-14H,7-8,10,21H2,1-3H3/t13-,14+/m0/s1. The van der Waals surface area contributed by atoms with E-state index in [4.69, 9.17) is 10.5 Å². The first-order valence-corrected chi connectivity index (χ1v) is 7.88. The average molecular weight is 344 g/mol. The third-order valence-corrected chi connectivity index (χ3v) is 3.95. The van der Waals surface area contributed by atoms with Gasteiger partial charge in [0, 0.05) is 25.0 Å². The largest absolute Gasteiger partial charge is 0.444 e. The molecular weight excluding hydrogens is 321 g/mol. The number of amides is 1. The molecule has 0 bridgehead atoms. The van der Waals surface area contributed by atoms with Crippen LogP contribution < -0.4 is 5.73 Å². The Morgan fingerprint density at radius 2 is 1.96 bits per heavy atom. The molecule has 1 aromatic carbocycles. The summed E-state index contributed by atoms with van der Waals surface area (Å²) in [5, 5.41) is 0. The number of carbonyl (C=O) groups is 1. The van der Waals surface area contributed by atoms with Crippen LogP contribution in [0.3, 0.4) is 0 Å². The molecular formula is C17H23F3N2O2. The topological polar surface area (TPSA) is 55.6 Å². The Kier molecular flexibility index (Phi) is 5.13. The third-order valence-electron chi connectivity index (χ3n) is 3.95. The second-order valence-electron chi connectivity index (χ2n) is 7.11. The van der Waals surface area contributed by atoms with E-state index in [1.54, 1.807) is 26.8 Å². The van der Waals surface area contributed by atoms with Gasteiger partial charge in [0.15, 0.2) is 0 Å². The van der Waals surface area contributed by atoms with Crippen LogP contribution in [0, 0.1) is 0 Å². The number of alkyl halides is 3. The number of rotatable bonds is 1. The first kappa shape index (κ1) is 18.6. The highest BCUT2D eigenvalue weighted by Crippen LogP contribution is 2.34. The molecule has 4 nitrogen and oxygen atoms in total. The van der Waals surface area contributed by atoms with Crippen molar-refractivity contribution in [3.05, 3.63) is 35.4 Å².